The average Bonchev–Trinajstić information content (AvgIpc) is 2.57. The molecule has 0 aliphatic carbocycles. The monoisotopic (exact) mass is 376 g/mol. The summed E-state index contributed by atoms with van der Waals surface area (Å²) >= 11 is 7.87. The summed E-state index contributed by atoms with van der Waals surface area (Å²) in [7, 11) is 0. The van der Waals surface area contributed by atoms with Gasteiger partial charge in [-0.15, -0.1) is 11.3 Å². The van der Waals surface area contributed by atoms with Crippen LogP contribution in [0.1, 0.15) is 20.1 Å². The number of ketones is 1. The number of hydrogen-bond acceptors (Lipinski definition) is 2. The predicted octanol–water partition coefficient (Wildman–Crippen LogP) is 4.95. The average molecular weight is 378 g/mol. The molecule has 0 aliphatic heterocycles. The third-order valence-corrected chi connectivity index (χ3v) is 4.80. The fourth-order valence-electron chi connectivity index (χ4n) is 1.47. The highest BCUT2D eigenvalue weighted by Crippen LogP contribution is 2.31. The third-order valence-electron chi connectivity index (χ3n) is 2.21. The lowest BCUT2D eigenvalue weighted by molar-refractivity contribution is 0.103. The summed E-state index contributed by atoms with van der Waals surface area (Å²) in [6.07, 6.45) is 0. The van der Waals surface area contributed by atoms with Gasteiger partial charge in [0.1, 0.15) is 5.82 Å². The van der Waals surface area contributed by atoms with Crippen LogP contribution in [0.3, 0.4) is 0 Å². The molecule has 1 aromatic heterocycles. The molecular weight excluding hydrogens is 371 g/mol. The van der Waals surface area contributed by atoms with E-state index in [1.54, 1.807) is 12.1 Å². The van der Waals surface area contributed by atoms with Crippen LogP contribution in [0.5, 0.6) is 0 Å². The van der Waals surface area contributed by atoms with Crippen molar-refractivity contribution >= 4 is 49.0 Å². The van der Waals surface area contributed by atoms with E-state index in [4.69, 9.17) is 0 Å². The lowest BCUT2D eigenvalue weighted by atomic mass is 10.1. The highest BCUT2D eigenvalue weighted by atomic mass is 79.9. The van der Waals surface area contributed by atoms with Gasteiger partial charge in [0, 0.05) is 13.8 Å². The van der Waals surface area contributed by atoms with Crippen LogP contribution in [0.15, 0.2) is 33.2 Å². The minimum Gasteiger partial charge on any atom is -0.287 e. The maximum Gasteiger partial charge on any atom is 0.208 e. The minimum atomic E-state index is -0.512. The van der Waals surface area contributed by atoms with Gasteiger partial charge in [-0.25, -0.2) is 4.39 Å². The molecule has 0 bridgehead atoms. The van der Waals surface area contributed by atoms with Crippen molar-refractivity contribution in [1.82, 2.24) is 0 Å². The Bertz CT molecular complexity index is 572. The number of carbonyl (C=O) groups excluding carboxylic acids is 1. The molecule has 0 amide bonds. The van der Waals surface area contributed by atoms with Gasteiger partial charge >= 0.3 is 0 Å². The van der Waals surface area contributed by atoms with Crippen LogP contribution in [-0.4, -0.2) is 5.78 Å². The zero-order valence-electron chi connectivity index (χ0n) is 8.76. The first kappa shape index (κ1) is 12.9. The van der Waals surface area contributed by atoms with E-state index in [1.165, 1.54) is 17.4 Å². The number of carbonyl (C=O) groups is 1. The molecule has 0 saturated carbocycles. The Morgan fingerprint density at radius 3 is 2.53 bits per heavy atom. The Kier molecular flexibility index (Phi) is 3.80. The molecule has 2 aromatic rings. The SMILES string of the molecule is Cc1cc(Br)c(C(=O)c2c(F)cccc2Br)s1. The van der Waals surface area contributed by atoms with Crippen molar-refractivity contribution in [2.45, 2.75) is 6.92 Å². The molecule has 0 saturated heterocycles. The molecule has 0 unspecified atom stereocenters. The fraction of sp³-hybridized carbons (Fsp3) is 0.0833. The van der Waals surface area contributed by atoms with Crippen molar-refractivity contribution in [2.24, 2.45) is 0 Å². The van der Waals surface area contributed by atoms with Gasteiger partial charge in [-0.1, -0.05) is 6.07 Å². The van der Waals surface area contributed by atoms with Crippen molar-refractivity contribution in [3.63, 3.8) is 0 Å². The second kappa shape index (κ2) is 5.00. The first-order valence-electron chi connectivity index (χ1n) is 4.75. The summed E-state index contributed by atoms with van der Waals surface area (Å²) in [6, 6.07) is 6.36. The third kappa shape index (κ3) is 2.51. The van der Waals surface area contributed by atoms with E-state index in [0.29, 0.717) is 13.8 Å². The number of thiophene rings is 1. The molecule has 0 radical (unpaired) electrons. The normalized spacial score (nSPS) is 10.6. The highest BCUT2D eigenvalue weighted by Gasteiger charge is 2.21. The summed E-state index contributed by atoms with van der Waals surface area (Å²) in [6.45, 7) is 1.91. The van der Waals surface area contributed by atoms with Crippen LogP contribution in [0, 0.1) is 12.7 Å². The van der Waals surface area contributed by atoms with Crippen molar-refractivity contribution in [2.75, 3.05) is 0 Å². The lowest BCUT2D eigenvalue weighted by Gasteiger charge is -2.03. The van der Waals surface area contributed by atoms with Crippen molar-refractivity contribution < 1.29 is 9.18 Å². The summed E-state index contributed by atoms with van der Waals surface area (Å²) in [5, 5.41) is 0. The van der Waals surface area contributed by atoms with Crippen molar-refractivity contribution in [3.05, 3.63) is 54.3 Å². The number of hydrogen-bond donors (Lipinski definition) is 0. The maximum absolute atomic E-state index is 13.7. The van der Waals surface area contributed by atoms with Crippen LogP contribution in [0.4, 0.5) is 4.39 Å². The Morgan fingerprint density at radius 2 is 2.00 bits per heavy atom. The molecule has 0 N–H and O–H groups in total. The molecule has 0 spiro atoms. The predicted molar refractivity (Wildman–Crippen MR) is 74.3 cm³/mol. The second-order valence-electron chi connectivity index (χ2n) is 3.46. The molecule has 5 heteroatoms. The zero-order chi connectivity index (χ0) is 12.6. The van der Waals surface area contributed by atoms with E-state index >= 15 is 0 Å². The van der Waals surface area contributed by atoms with Gasteiger partial charge in [0.25, 0.3) is 0 Å². The molecule has 0 fully saturated rings. The van der Waals surface area contributed by atoms with Gasteiger partial charge < -0.3 is 0 Å². The van der Waals surface area contributed by atoms with Crippen LogP contribution in [0.25, 0.3) is 0 Å². The molecule has 2 rings (SSSR count). The van der Waals surface area contributed by atoms with E-state index in [9.17, 15) is 9.18 Å². The van der Waals surface area contributed by atoms with Crippen LogP contribution in [0.2, 0.25) is 0 Å². The fourth-order valence-corrected chi connectivity index (χ4v) is 3.76. The summed E-state index contributed by atoms with van der Waals surface area (Å²) < 4.78 is 14.8. The number of benzene rings is 1. The Balaban J connectivity index is 2.55. The van der Waals surface area contributed by atoms with Crippen LogP contribution < -0.4 is 0 Å². The van der Waals surface area contributed by atoms with E-state index in [0.717, 1.165) is 4.88 Å². The quantitative estimate of drug-likeness (QED) is 0.676. The van der Waals surface area contributed by atoms with Gasteiger partial charge in [0.2, 0.25) is 5.78 Å². The first-order chi connectivity index (χ1) is 8.00. The zero-order valence-corrected chi connectivity index (χ0v) is 12.7. The molecule has 88 valence electrons. The summed E-state index contributed by atoms with van der Waals surface area (Å²) in [5.74, 6) is -0.817. The van der Waals surface area contributed by atoms with Crippen molar-refractivity contribution in [1.29, 1.82) is 0 Å². The van der Waals surface area contributed by atoms with Gasteiger partial charge in [0.05, 0.1) is 10.4 Å². The standard InChI is InChI=1S/C12H7Br2FOS/c1-6-5-8(14)12(17-6)11(16)10-7(13)3-2-4-9(10)15/h2-5H,1H3. The van der Waals surface area contributed by atoms with E-state index in [2.05, 4.69) is 31.9 Å². The minimum absolute atomic E-state index is 0.0788. The van der Waals surface area contributed by atoms with Gasteiger partial charge in [-0.05, 0) is 57.0 Å². The van der Waals surface area contributed by atoms with Gasteiger partial charge in [0.15, 0.2) is 0 Å². The highest BCUT2D eigenvalue weighted by molar-refractivity contribution is 9.11. The Hall–Kier alpha value is -0.520. The molecular formula is C12H7Br2FOS. The maximum atomic E-state index is 13.7. The Labute approximate surface area is 119 Å². The molecule has 0 atom stereocenters. The van der Waals surface area contributed by atoms with E-state index in [-0.39, 0.29) is 11.3 Å². The Morgan fingerprint density at radius 1 is 1.29 bits per heavy atom. The van der Waals surface area contributed by atoms with Gasteiger partial charge in [-0.2, -0.15) is 0 Å². The smallest absolute Gasteiger partial charge is 0.208 e. The molecule has 17 heavy (non-hydrogen) atoms. The first-order valence-corrected chi connectivity index (χ1v) is 7.15. The molecule has 1 heterocycles. The molecule has 1 aromatic carbocycles. The number of aryl methyl sites for hydroxylation is 1. The summed E-state index contributed by atoms with van der Waals surface area (Å²) in [5.41, 5.74) is 0.0788. The second-order valence-corrected chi connectivity index (χ2v) is 6.42. The lowest BCUT2D eigenvalue weighted by Crippen LogP contribution is -2.04. The van der Waals surface area contributed by atoms with Crippen molar-refractivity contribution in [3.8, 4) is 0 Å². The van der Waals surface area contributed by atoms with Crippen LogP contribution >= 0.6 is 43.2 Å². The summed E-state index contributed by atoms with van der Waals surface area (Å²) in [4.78, 5) is 13.8. The van der Waals surface area contributed by atoms with Crippen LogP contribution in [-0.2, 0) is 0 Å². The van der Waals surface area contributed by atoms with E-state index < -0.39 is 5.82 Å². The number of rotatable bonds is 2. The van der Waals surface area contributed by atoms with Gasteiger partial charge in [-0.3, -0.25) is 4.79 Å². The number of halogens is 3. The topological polar surface area (TPSA) is 17.1 Å². The largest absolute Gasteiger partial charge is 0.287 e. The molecule has 1 nitrogen and oxygen atoms in total. The van der Waals surface area contributed by atoms with E-state index in [1.807, 2.05) is 13.0 Å². The molecule has 0 aliphatic rings.